The molecular formula is C32H38Cl2N4O4. The summed E-state index contributed by atoms with van der Waals surface area (Å²) in [6.45, 7) is 5.50. The molecule has 0 aromatic heterocycles. The van der Waals surface area contributed by atoms with E-state index in [2.05, 4.69) is 29.4 Å². The predicted molar refractivity (Wildman–Crippen MR) is 169 cm³/mol. The number of likely N-dealkylation sites (N-methyl/N-ethyl adjacent to an activating group) is 2. The molecule has 2 atom stereocenters. The molecule has 4 rings (SSSR count). The number of amides is 1. The van der Waals surface area contributed by atoms with Crippen molar-refractivity contribution in [1.82, 2.24) is 15.1 Å². The zero-order chi connectivity index (χ0) is 30.6. The molecular weight excluding hydrogens is 575 g/mol. The van der Waals surface area contributed by atoms with Gasteiger partial charge in [-0.3, -0.25) is 9.79 Å². The summed E-state index contributed by atoms with van der Waals surface area (Å²) in [4.78, 5) is 28.9. The van der Waals surface area contributed by atoms with Gasteiger partial charge in [0.15, 0.2) is 0 Å². The number of aldehydes is 1. The first-order valence-corrected chi connectivity index (χ1v) is 14.4. The number of carbonyl (C=O) groups is 2. The summed E-state index contributed by atoms with van der Waals surface area (Å²) >= 11 is 12.3. The quantitative estimate of drug-likeness (QED) is 0.259. The molecule has 3 aromatic carbocycles. The number of nitrogens with one attached hydrogen (secondary N) is 1. The molecule has 0 saturated heterocycles. The highest BCUT2D eigenvalue weighted by molar-refractivity contribution is 6.30. The lowest BCUT2D eigenvalue weighted by atomic mass is 9.94. The molecule has 3 aromatic rings. The Morgan fingerprint density at radius 3 is 2.14 bits per heavy atom. The van der Waals surface area contributed by atoms with E-state index < -0.39 is 0 Å². The second-order valence-electron chi connectivity index (χ2n) is 9.96. The van der Waals surface area contributed by atoms with Gasteiger partial charge >= 0.3 is 0 Å². The molecule has 1 heterocycles. The van der Waals surface area contributed by atoms with Crippen molar-refractivity contribution < 1.29 is 19.1 Å². The fraction of sp³-hybridized carbons (Fsp3) is 0.344. The average Bonchev–Trinajstić information content (AvgIpc) is 3.32. The van der Waals surface area contributed by atoms with Crippen molar-refractivity contribution >= 4 is 41.7 Å². The molecule has 2 unspecified atom stereocenters. The second-order valence-corrected chi connectivity index (χ2v) is 10.8. The number of rotatable bonds is 12. The van der Waals surface area contributed by atoms with Crippen LogP contribution in [0.5, 0.6) is 11.5 Å². The maximum absolute atomic E-state index is 10.1. The van der Waals surface area contributed by atoms with E-state index in [4.69, 9.17) is 37.7 Å². The zero-order valence-corrected chi connectivity index (χ0v) is 26.1. The third-order valence-electron chi connectivity index (χ3n) is 6.63. The number of amidine groups is 1. The third-order valence-corrected chi connectivity index (χ3v) is 7.14. The van der Waals surface area contributed by atoms with Gasteiger partial charge in [-0.2, -0.15) is 0 Å². The van der Waals surface area contributed by atoms with Crippen molar-refractivity contribution in [1.29, 1.82) is 0 Å². The molecule has 0 spiro atoms. The van der Waals surface area contributed by atoms with E-state index in [1.165, 1.54) is 4.90 Å². The minimum absolute atomic E-state index is 0.00237. The van der Waals surface area contributed by atoms with Crippen molar-refractivity contribution in [3.05, 3.63) is 93.5 Å². The van der Waals surface area contributed by atoms with Crippen LogP contribution >= 0.6 is 23.2 Å². The fourth-order valence-corrected chi connectivity index (χ4v) is 4.84. The standard InChI is InChI=1S/C26H26Cl2N2O2.C6H12N2O2/c1-16(2)32-23-15-21(31-4)13-14-22(23)26-29-24(17-5-9-19(27)10-6-17)25(30(26)3)18-7-11-20(28)12-8-18;1-7-2-3-8(6-10)4-5-9/h5-16,24-25H,1-4H3;5-7H,2-4H2,1H3. The van der Waals surface area contributed by atoms with Crippen LogP contribution in [0.3, 0.4) is 0 Å². The van der Waals surface area contributed by atoms with Crippen molar-refractivity contribution in [2.75, 3.05) is 40.8 Å². The molecule has 0 radical (unpaired) electrons. The minimum atomic E-state index is -0.109. The maximum atomic E-state index is 10.1. The Hall–Kier alpha value is -3.59. The van der Waals surface area contributed by atoms with E-state index in [1.54, 1.807) is 14.2 Å². The van der Waals surface area contributed by atoms with Crippen molar-refractivity contribution in [2.45, 2.75) is 32.0 Å². The topological polar surface area (TPSA) is 83.5 Å². The smallest absolute Gasteiger partial charge is 0.210 e. The van der Waals surface area contributed by atoms with Crippen LogP contribution in [-0.4, -0.2) is 75.3 Å². The molecule has 0 aliphatic carbocycles. The molecule has 1 aliphatic heterocycles. The summed E-state index contributed by atoms with van der Waals surface area (Å²) in [5, 5.41) is 4.29. The Labute approximate surface area is 258 Å². The second kappa shape index (κ2) is 16.2. The Morgan fingerprint density at radius 2 is 1.62 bits per heavy atom. The lowest BCUT2D eigenvalue weighted by Crippen LogP contribution is -2.31. The van der Waals surface area contributed by atoms with Gasteiger partial charge in [0, 0.05) is 36.2 Å². The number of carbonyl (C=O) groups excluding carboxylic acids is 2. The summed E-state index contributed by atoms with van der Waals surface area (Å²) in [7, 11) is 5.52. The first-order chi connectivity index (χ1) is 20.2. The number of aliphatic imine (C=N–C) groups is 1. The van der Waals surface area contributed by atoms with E-state index in [0.29, 0.717) is 35.8 Å². The monoisotopic (exact) mass is 612 g/mol. The van der Waals surface area contributed by atoms with Crippen molar-refractivity contribution in [3.63, 3.8) is 0 Å². The summed E-state index contributed by atoms with van der Waals surface area (Å²) in [6.07, 6.45) is 1.41. The highest BCUT2D eigenvalue weighted by atomic mass is 35.5. The number of halogens is 2. The van der Waals surface area contributed by atoms with Gasteiger partial charge in [-0.25, -0.2) is 0 Å². The number of benzene rings is 3. The number of hydrogen-bond acceptors (Lipinski definition) is 7. The lowest BCUT2D eigenvalue weighted by Gasteiger charge is -2.28. The number of ether oxygens (including phenoxy) is 2. The molecule has 0 fully saturated rings. The van der Waals surface area contributed by atoms with Crippen LogP contribution in [0.25, 0.3) is 0 Å². The zero-order valence-electron chi connectivity index (χ0n) is 24.6. The van der Waals surface area contributed by atoms with Gasteiger partial charge in [0.1, 0.15) is 29.7 Å². The molecule has 0 saturated carbocycles. The van der Waals surface area contributed by atoms with E-state index in [-0.39, 0.29) is 24.7 Å². The van der Waals surface area contributed by atoms with Crippen LogP contribution < -0.4 is 14.8 Å². The summed E-state index contributed by atoms with van der Waals surface area (Å²) in [6, 6.07) is 21.6. The van der Waals surface area contributed by atoms with Crippen molar-refractivity contribution in [3.8, 4) is 11.5 Å². The van der Waals surface area contributed by atoms with Crippen LogP contribution in [0, 0.1) is 0 Å². The van der Waals surface area contributed by atoms with Gasteiger partial charge in [0.25, 0.3) is 0 Å². The van der Waals surface area contributed by atoms with Crippen LogP contribution in [0.2, 0.25) is 10.0 Å². The van der Waals surface area contributed by atoms with E-state index in [0.717, 1.165) is 34.0 Å². The summed E-state index contributed by atoms with van der Waals surface area (Å²) < 4.78 is 11.6. The van der Waals surface area contributed by atoms with Crippen LogP contribution in [0.1, 0.15) is 42.6 Å². The van der Waals surface area contributed by atoms with Gasteiger partial charge in [0.05, 0.1) is 31.4 Å². The molecule has 8 nitrogen and oxygen atoms in total. The Balaban J connectivity index is 0.000000416. The number of hydrogen-bond donors (Lipinski definition) is 1. The molecule has 0 bridgehead atoms. The SMILES string of the molecule is CNCCN(C=O)CC=O.COc1ccc(C2=NC(c3ccc(Cl)cc3)C(c3ccc(Cl)cc3)N2C)c(OC(C)C)c1. The maximum Gasteiger partial charge on any atom is 0.210 e. The molecule has 1 N–H and O–H groups in total. The molecule has 1 aliphatic rings. The lowest BCUT2D eigenvalue weighted by molar-refractivity contribution is -0.121. The van der Waals surface area contributed by atoms with Gasteiger partial charge in [-0.15, -0.1) is 0 Å². The molecule has 1 amide bonds. The highest BCUT2D eigenvalue weighted by Gasteiger charge is 2.37. The van der Waals surface area contributed by atoms with Gasteiger partial charge in [0.2, 0.25) is 6.41 Å². The van der Waals surface area contributed by atoms with Crippen LogP contribution in [0.4, 0.5) is 0 Å². The highest BCUT2D eigenvalue weighted by Crippen LogP contribution is 2.44. The van der Waals surface area contributed by atoms with E-state index in [1.807, 2.05) is 68.4 Å². The van der Waals surface area contributed by atoms with Gasteiger partial charge < -0.3 is 29.4 Å². The average molecular weight is 614 g/mol. The first-order valence-electron chi connectivity index (χ1n) is 13.7. The normalized spacial score (nSPS) is 15.9. The van der Waals surface area contributed by atoms with E-state index in [9.17, 15) is 9.59 Å². The minimum Gasteiger partial charge on any atom is -0.497 e. The Morgan fingerprint density at radius 1 is 1.00 bits per heavy atom. The third kappa shape index (κ3) is 8.71. The Kier molecular flexibility index (Phi) is 12.7. The fourth-order valence-electron chi connectivity index (χ4n) is 4.58. The van der Waals surface area contributed by atoms with Crippen LogP contribution in [0.15, 0.2) is 71.7 Å². The van der Waals surface area contributed by atoms with Gasteiger partial charge in [-0.05, 0) is 68.4 Å². The molecule has 10 heteroatoms. The number of methoxy groups -OCH3 is 1. The summed E-state index contributed by atoms with van der Waals surface area (Å²) in [5.74, 6) is 2.36. The largest absolute Gasteiger partial charge is 0.497 e. The number of nitrogens with zero attached hydrogens (tertiary/aromatic N) is 3. The van der Waals surface area contributed by atoms with Crippen molar-refractivity contribution in [2.24, 2.45) is 4.99 Å². The van der Waals surface area contributed by atoms with E-state index >= 15 is 0 Å². The molecule has 224 valence electrons. The predicted octanol–water partition coefficient (Wildman–Crippen LogP) is 5.83. The Bertz CT molecular complexity index is 1330. The first kappa shape index (κ1) is 32.9. The molecule has 42 heavy (non-hydrogen) atoms. The van der Waals surface area contributed by atoms with Crippen LogP contribution in [-0.2, 0) is 9.59 Å². The van der Waals surface area contributed by atoms with Gasteiger partial charge in [-0.1, -0.05) is 47.5 Å². The summed E-state index contributed by atoms with van der Waals surface area (Å²) in [5.41, 5.74) is 3.16.